The molecule has 0 saturated carbocycles. The number of ether oxygens (including phenoxy) is 1. The number of aromatic nitrogens is 1. The summed E-state index contributed by atoms with van der Waals surface area (Å²) in [7, 11) is 1.76. The van der Waals surface area contributed by atoms with Gasteiger partial charge >= 0.3 is 0 Å². The Morgan fingerprint density at radius 3 is 2.83 bits per heavy atom. The number of rotatable bonds is 5. The van der Waals surface area contributed by atoms with E-state index in [0.717, 1.165) is 23.8 Å². The molecule has 2 N–H and O–H groups in total. The number of thiazole rings is 1. The van der Waals surface area contributed by atoms with Crippen LogP contribution < -0.4 is 10.5 Å². The highest BCUT2D eigenvalue weighted by Crippen LogP contribution is 2.44. The number of hydrogen-bond donors (Lipinski definition) is 1. The number of methoxy groups -OCH3 is 1. The molecular weight excluding hydrogens is 306 g/mol. The molecule has 23 heavy (non-hydrogen) atoms. The van der Waals surface area contributed by atoms with Gasteiger partial charge in [0.15, 0.2) is 0 Å². The normalized spacial score (nSPS) is 17.7. The van der Waals surface area contributed by atoms with Crippen molar-refractivity contribution in [1.29, 1.82) is 0 Å². The van der Waals surface area contributed by atoms with Crippen molar-refractivity contribution in [3.05, 3.63) is 44.9 Å². The molecule has 124 valence electrons. The standard InChI is InChI=1S/C18H25N3OS/c1-11(2)17-15(22-4)7-12(3)13-9-21(14(8-19)18(13)17)10-16-20-5-6-23-16/h5-7,11,14H,8-10,19H2,1-4H3. The average Bonchev–Trinajstić information content (AvgIpc) is 3.14. The van der Waals surface area contributed by atoms with E-state index in [9.17, 15) is 0 Å². The van der Waals surface area contributed by atoms with Crippen LogP contribution in [0.15, 0.2) is 17.6 Å². The molecule has 2 heterocycles. The Balaban J connectivity index is 2.06. The minimum Gasteiger partial charge on any atom is -0.496 e. The fourth-order valence-electron chi connectivity index (χ4n) is 3.66. The van der Waals surface area contributed by atoms with Crippen molar-refractivity contribution in [2.24, 2.45) is 5.73 Å². The van der Waals surface area contributed by atoms with Crippen LogP contribution in [0.25, 0.3) is 0 Å². The summed E-state index contributed by atoms with van der Waals surface area (Å²) < 4.78 is 5.68. The van der Waals surface area contributed by atoms with Crippen LogP contribution in [0.3, 0.4) is 0 Å². The fourth-order valence-corrected chi connectivity index (χ4v) is 4.30. The highest BCUT2D eigenvalue weighted by molar-refractivity contribution is 7.09. The van der Waals surface area contributed by atoms with Crippen LogP contribution in [-0.2, 0) is 13.1 Å². The van der Waals surface area contributed by atoms with E-state index in [2.05, 4.69) is 36.7 Å². The topological polar surface area (TPSA) is 51.4 Å². The largest absolute Gasteiger partial charge is 0.496 e. The summed E-state index contributed by atoms with van der Waals surface area (Å²) in [5, 5.41) is 3.18. The van der Waals surface area contributed by atoms with Gasteiger partial charge in [0.05, 0.1) is 13.7 Å². The molecule has 0 aliphatic carbocycles. The maximum Gasteiger partial charge on any atom is 0.122 e. The lowest BCUT2D eigenvalue weighted by Crippen LogP contribution is -2.28. The van der Waals surface area contributed by atoms with E-state index in [-0.39, 0.29) is 6.04 Å². The highest BCUT2D eigenvalue weighted by atomic mass is 32.1. The molecular formula is C18H25N3OS. The minimum absolute atomic E-state index is 0.236. The van der Waals surface area contributed by atoms with Crippen molar-refractivity contribution in [3.8, 4) is 5.75 Å². The summed E-state index contributed by atoms with van der Waals surface area (Å²) in [6.45, 7) is 9.03. The van der Waals surface area contributed by atoms with Gasteiger partial charge in [-0.25, -0.2) is 4.98 Å². The van der Waals surface area contributed by atoms with E-state index in [1.807, 2.05) is 11.6 Å². The van der Waals surface area contributed by atoms with Gasteiger partial charge in [-0.15, -0.1) is 11.3 Å². The first-order valence-electron chi connectivity index (χ1n) is 8.09. The maximum absolute atomic E-state index is 6.18. The molecule has 0 fully saturated rings. The first kappa shape index (κ1) is 16.4. The number of nitrogens with two attached hydrogens (primary N) is 1. The first-order valence-corrected chi connectivity index (χ1v) is 8.97. The first-order chi connectivity index (χ1) is 11.1. The van der Waals surface area contributed by atoms with E-state index >= 15 is 0 Å². The molecule has 0 spiro atoms. The summed E-state index contributed by atoms with van der Waals surface area (Å²) in [5.41, 5.74) is 11.6. The van der Waals surface area contributed by atoms with Crippen LogP contribution >= 0.6 is 11.3 Å². The van der Waals surface area contributed by atoms with Crippen LogP contribution in [0, 0.1) is 6.92 Å². The lowest BCUT2D eigenvalue weighted by Gasteiger charge is -2.25. The Morgan fingerprint density at radius 2 is 2.26 bits per heavy atom. The van der Waals surface area contributed by atoms with Crippen LogP contribution in [0.1, 0.15) is 53.1 Å². The Labute approximate surface area is 142 Å². The van der Waals surface area contributed by atoms with Gasteiger partial charge in [0.25, 0.3) is 0 Å². The smallest absolute Gasteiger partial charge is 0.122 e. The third-order valence-electron chi connectivity index (χ3n) is 4.68. The van der Waals surface area contributed by atoms with E-state index in [0.29, 0.717) is 12.5 Å². The second kappa shape index (κ2) is 6.59. The Hall–Kier alpha value is -1.43. The zero-order valence-corrected chi connectivity index (χ0v) is 15.1. The van der Waals surface area contributed by atoms with Crippen LogP contribution in [0.2, 0.25) is 0 Å². The second-order valence-electron chi connectivity index (χ2n) is 6.44. The molecule has 1 aromatic carbocycles. The van der Waals surface area contributed by atoms with Gasteiger partial charge in [-0.1, -0.05) is 13.8 Å². The molecule has 0 radical (unpaired) electrons. The zero-order chi connectivity index (χ0) is 16.6. The van der Waals surface area contributed by atoms with Crippen molar-refractivity contribution in [2.75, 3.05) is 13.7 Å². The van der Waals surface area contributed by atoms with E-state index in [4.69, 9.17) is 10.5 Å². The number of fused-ring (bicyclic) bond motifs is 1. The molecule has 0 amide bonds. The van der Waals surface area contributed by atoms with E-state index in [1.165, 1.54) is 22.3 Å². The third kappa shape index (κ3) is 2.89. The molecule has 1 aliphatic heterocycles. The van der Waals surface area contributed by atoms with Gasteiger partial charge in [-0.05, 0) is 35.6 Å². The molecule has 1 aliphatic rings. The minimum atomic E-state index is 0.236. The molecule has 1 unspecified atom stereocenters. The number of nitrogens with zero attached hydrogens (tertiary/aromatic N) is 2. The molecule has 1 atom stereocenters. The van der Waals surface area contributed by atoms with E-state index < -0.39 is 0 Å². The van der Waals surface area contributed by atoms with Crippen LogP contribution in [0.4, 0.5) is 0 Å². The van der Waals surface area contributed by atoms with Crippen LogP contribution in [0.5, 0.6) is 5.75 Å². The van der Waals surface area contributed by atoms with Crippen molar-refractivity contribution < 1.29 is 4.74 Å². The zero-order valence-electron chi connectivity index (χ0n) is 14.3. The summed E-state index contributed by atoms with van der Waals surface area (Å²) in [4.78, 5) is 6.88. The number of benzene rings is 1. The molecule has 5 heteroatoms. The second-order valence-corrected chi connectivity index (χ2v) is 7.42. The third-order valence-corrected chi connectivity index (χ3v) is 5.45. The summed E-state index contributed by atoms with van der Waals surface area (Å²) in [5.74, 6) is 1.40. The lowest BCUT2D eigenvalue weighted by molar-refractivity contribution is 0.209. The van der Waals surface area contributed by atoms with Gasteiger partial charge in [0.1, 0.15) is 10.8 Å². The lowest BCUT2D eigenvalue weighted by atomic mass is 9.88. The van der Waals surface area contributed by atoms with Gasteiger partial charge in [0, 0.05) is 36.3 Å². The molecule has 4 nitrogen and oxygen atoms in total. The molecule has 0 saturated heterocycles. The van der Waals surface area contributed by atoms with Gasteiger partial charge in [0.2, 0.25) is 0 Å². The van der Waals surface area contributed by atoms with E-state index in [1.54, 1.807) is 18.4 Å². The summed E-state index contributed by atoms with van der Waals surface area (Å²) in [6, 6.07) is 2.41. The quantitative estimate of drug-likeness (QED) is 0.909. The predicted octanol–water partition coefficient (Wildman–Crippen LogP) is 3.60. The van der Waals surface area contributed by atoms with Crippen molar-refractivity contribution >= 4 is 11.3 Å². The Morgan fingerprint density at radius 1 is 1.48 bits per heavy atom. The number of aryl methyl sites for hydroxylation is 1. The highest BCUT2D eigenvalue weighted by Gasteiger charge is 2.35. The summed E-state index contributed by atoms with van der Waals surface area (Å²) in [6.07, 6.45) is 1.87. The molecule has 2 aromatic rings. The van der Waals surface area contributed by atoms with Crippen molar-refractivity contribution in [3.63, 3.8) is 0 Å². The Kier molecular flexibility index (Phi) is 4.71. The SMILES string of the molecule is COc1cc(C)c2c(c1C(C)C)C(CN)N(Cc1nccs1)C2. The fraction of sp³-hybridized carbons (Fsp3) is 0.500. The molecule has 3 rings (SSSR count). The van der Waals surface area contributed by atoms with Gasteiger partial charge < -0.3 is 10.5 Å². The summed E-state index contributed by atoms with van der Waals surface area (Å²) >= 11 is 1.71. The van der Waals surface area contributed by atoms with Crippen molar-refractivity contribution in [1.82, 2.24) is 9.88 Å². The van der Waals surface area contributed by atoms with Crippen LogP contribution in [-0.4, -0.2) is 23.5 Å². The van der Waals surface area contributed by atoms with Gasteiger partial charge in [-0.3, -0.25) is 4.90 Å². The molecule has 1 aromatic heterocycles. The number of hydrogen-bond acceptors (Lipinski definition) is 5. The predicted molar refractivity (Wildman–Crippen MR) is 95.0 cm³/mol. The molecule has 0 bridgehead atoms. The Bertz CT molecular complexity index is 682. The maximum atomic E-state index is 6.18. The van der Waals surface area contributed by atoms with Crippen molar-refractivity contribution in [2.45, 2.75) is 45.8 Å². The van der Waals surface area contributed by atoms with Gasteiger partial charge in [-0.2, -0.15) is 0 Å². The average molecular weight is 331 g/mol. The monoisotopic (exact) mass is 331 g/mol.